The number of pyridine rings is 1. The number of hydrogen-bond acceptors (Lipinski definition) is 4. The van der Waals surface area contributed by atoms with Crippen molar-refractivity contribution in [3.8, 4) is 5.88 Å². The Bertz CT molecular complexity index is 413. The van der Waals surface area contributed by atoms with Crippen molar-refractivity contribution in [1.29, 1.82) is 0 Å². The Balaban J connectivity index is 2.21. The zero-order chi connectivity index (χ0) is 14.3. The van der Waals surface area contributed by atoms with Crippen LogP contribution >= 0.6 is 11.6 Å². The van der Waals surface area contributed by atoms with Gasteiger partial charge < -0.3 is 15.2 Å². The lowest BCUT2D eigenvalue weighted by molar-refractivity contribution is -0.123. The van der Waals surface area contributed by atoms with Gasteiger partial charge in [-0.15, -0.1) is 0 Å². The standard InChI is InChI=1S/C13H19ClN2O3/c1-9(2)11(17)8-12(18)15-6-7-19-13-10(14)4-3-5-16-13/h3-5,9,11,17H,6-8H2,1-2H3,(H,15,18). The van der Waals surface area contributed by atoms with E-state index >= 15 is 0 Å². The number of carbonyl (C=O) groups is 1. The summed E-state index contributed by atoms with van der Waals surface area (Å²) in [5.74, 6) is 0.215. The molecule has 0 aliphatic heterocycles. The summed E-state index contributed by atoms with van der Waals surface area (Å²) >= 11 is 5.86. The van der Waals surface area contributed by atoms with Crippen LogP contribution in [-0.4, -0.2) is 35.3 Å². The summed E-state index contributed by atoms with van der Waals surface area (Å²) in [7, 11) is 0. The maximum Gasteiger partial charge on any atom is 0.232 e. The van der Waals surface area contributed by atoms with Crippen molar-refractivity contribution in [2.45, 2.75) is 26.4 Å². The van der Waals surface area contributed by atoms with Crippen LogP contribution in [0.15, 0.2) is 18.3 Å². The van der Waals surface area contributed by atoms with Crippen molar-refractivity contribution >= 4 is 17.5 Å². The smallest absolute Gasteiger partial charge is 0.232 e. The van der Waals surface area contributed by atoms with Gasteiger partial charge in [0.25, 0.3) is 0 Å². The van der Waals surface area contributed by atoms with Crippen LogP contribution in [0.5, 0.6) is 5.88 Å². The van der Waals surface area contributed by atoms with Gasteiger partial charge in [-0.3, -0.25) is 4.79 Å². The SMILES string of the molecule is CC(C)C(O)CC(=O)NCCOc1ncccc1Cl. The third-order valence-corrected chi connectivity index (χ3v) is 2.84. The van der Waals surface area contributed by atoms with Crippen molar-refractivity contribution in [3.63, 3.8) is 0 Å². The fourth-order valence-electron chi connectivity index (χ4n) is 1.31. The fraction of sp³-hybridized carbons (Fsp3) is 0.538. The molecule has 0 spiro atoms. The first kappa shape index (κ1) is 15.7. The van der Waals surface area contributed by atoms with Crippen molar-refractivity contribution in [2.24, 2.45) is 5.92 Å². The van der Waals surface area contributed by atoms with E-state index in [1.165, 1.54) is 0 Å². The highest BCUT2D eigenvalue weighted by atomic mass is 35.5. The molecule has 1 heterocycles. The average Bonchev–Trinajstić information content (AvgIpc) is 2.36. The van der Waals surface area contributed by atoms with Gasteiger partial charge in [-0.25, -0.2) is 4.98 Å². The van der Waals surface area contributed by atoms with Gasteiger partial charge in [0.1, 0.15) is 11.6 Å². The number of ether oxygens (including phenoxy) is 1. The number of nitrogens with zero attached hydrogens (tertiary/aromatic N) is 1. The van der Waals surface area contributed by atoms with Crippen LogP contribution in [0.2, 0.25) is 5.02 Å². The Morgan fingerprint density at radius 3 is 2.95 bits per heavy atom. The second-order valence-corrected chi connectivity index (χ2v) is 4.91. The predicted octanol–water partition coefficient (Wildman–Crippen LogP) is 1.64. The van der Waals surface area contributed by atoms with Gasteiger partial charge in [-0.05, 0) is 18.1 Å². The lowest BCUT2D eigenvalue weighted by Gasteiger charge is -2.14. The molecule has 106 valence electrons. The average molecular weight is 287 g/mol. The molecule has 0 aliphatic rings. The van der Waals surface area contributed by atoms with E-state index in [-0.39, 0.29) is 24.9 Å². The minimum Gasteiger partial charge on any atom is -0.475 e. The highest BCUT2D eigenvalue weighted by molar-refractivity contribution is 6.31. The molecule has 19 heavy (non-hydrogen) atoms. The van der Waals surface area contributed by atoms with Crippen LogP contribution in [0.3, 0.4) is 0 Å². The Morgan fingerprint density at radius 2 is 2.32 bits per heavy atom. The van der Waals surface area contributed by atoms with Crippen molar-refractivity contribution in [2.75, 3.05) is 13.2 Å². The highest BCUT2D eigenvalue weighted by Gasteiger charge is 2.13. The monoisotopic (exact) mass is 286 g/mol. The quantitative estimate of drug-likeness (QED) is 0.748. The minimum absolute atomic E-state index is 0.0642. The lowest BCUT2D eigenvalue weighted by atomic mass is 10.0. The number of aliphatic hydroxyl groups excluding tert-OH is 1. The number of halogens is 1. The third kappa shape index (κ3) is 5.89. The highest BCUT2D eigenvalue weighted by Crippen LogP contribution is 2.19. The summed E-state index contributed by atoms with van der Waals surface area (Å²) in [4.78, 5) is 15.4. The number of carbonyl (C=O) groups excluding carboxylic acids is 1. The van der Waals surface area contributed by atoms with Gasteiger partial charge in [0, 0.05) is 6.20 Å². The van der Waals surface area contributed by atoms with Crippen molar-refractivity contribution < 1.29 is 14.6 Å². The van der Waals surface area contributed by atoms with E-state index in [4.69, 9.17) is 16.3 Å². The van der Waals surface area contributed by atoms with Gasteiger partial charge in [-0.2, -0.15) is 0 Å². The first-order valence-electron chi connectivity index (χ1n) is 6.18. The molecule has 0 bridgehead atoms. The fourth-order valence-corrected chi connectivity index (χ4v) is 1.49. The summed E-state index contributed by atoms with van der Waals surface area (Å²) < 4.78 is 5.32. The maximum atomic E-state index is 11.5. The van der Waals surface area contributed by atoms with Crippen LogP contribution < -0.4 is 10.1 Å². The first-order valence-corrected chi connectivity index (χ1v) is 6.56. The molecule has 0 aliphatic carbocycles. The summed E-state index contributed by atoms with van der Waals surface area (Å²) in [6.45, 7) is 4.35. The number of aliphatic hydroxyl groups is 1. The number of hydrogen-bond donors (Lipinski definition) is 2. The summed E-state index contributed by atoms with van der Waals surface area (Å²) in [6.07, 6.45) is 1.06. The van der Waals surface area contributed by atoms with Crippen molar-refractivity contribution in [3.05, 3.63) is 23.4 Å². The normalized spacial score (nSPS) is 12.3. The number of amides is 1. The molecule has 0 radical (unpaired) electrons. The van der Waals surface area contributed by atoms with E-state index in [0.29, 0.717) is 17.4 Å². The Kier molecular flexibility index (Phi) is 6.59. The van der Waals surface area contributed by atoms with E-state index in [0.717, 1.165) is 0 Å². The molecule has 0 saturated heterocycles. The van der Waals surface area contributed by atoms with E-state index in [1.54, 1.807) is 18.3 Å². The Labute approximate surface area is 117 Å². The molecule has 1 aromatic rings. The lowest BCUT2D eigenvalue weighted by Crippen LogP contribution is -2.32. The number of rotatable bonds is 7. The topological polar surface area (TPSA) is 71.5 Å². The zero-order valence-corrected chi connectivity index (χ0v) is 11.9. The predicted molar refractivity (Wildman–Crippen MR) is 73.2 cm³/mol. The van der Waals surface area contributed by atoms with Gasteiger partial charge in [0.05, 0.1) is 19.1 Å². The molecule has 6 heteroatoms. The molecule has 0 fully saturated rings. The molecule has 1 rings (SSSR count). The van der Waals surface area contributed by atoms with Crippen LogP contribution in [0.25, 0.3) is 0 Å². The largest absolute Gasteiger partial charge is 0.475 e. The second-order valence-electron chi connectivity index (χ2n) is 4.50. The molecule has 1 atom stereocenters. The van der Waals surface area contributed by atoms with Crippen LogP contribution in [0, 0.1) is 5.92 Å². The summed E-state index contributed by atoms with van der Waals surface area (Å²) in [6, 6.07) is 3.39. The van der Waals surface area contributed by atoms with Gasteiger partial charge in [-0.1, -0.05) is 25.4 Å². The van der Waals surface area contributed by atoms with Gasteiger partial charge in [0.15, 0.2) is 0 Å². The number of nitrogens with one attached hydrogen (secondary N) is 1. The molecular weight excluding hydrogens is 268 g/mol. The summed E-state index contributed by atoms with van der Waals surface area (Å²) in [5, 5.41) is 12.6. The molecule has 2 N–H and O–H groups in total. The van der Waals surface area contributed by atoms with Crippen molar-refractivity contribution in [1.82, 2.24) is 10.3 Å². The van der Waals surface area contributed by atoms with Crippen LogP contribution in [0.1, 0.15) is 20.3 Å². The van der Waals surface area contributed by atoms with E-state index in [9.17, 15) is 9.90 Å². The Hall–Kier alpha value is -1.33. The molecule has 1 aromatic heterocycles. The molecule has 5 nitrogen and oxygen atoms in total. The van der Waals surface area contributed by atoms with E-state index in [1.807, 2.05) is 13.8 Å². The molecule has 0 saturated carbocycles. The molecule has 1 amide bonds. The summed E-state index contributed by atoms with van der Waals surface area (Å²) in [5.41, 5.74) is 0. The second kappa shape index (κ2) is 7.96. The maximum absolute atomic E-state index is 11.5. The molecule has 0 aromatic carbocycles. The van der Waals surface area contributed by atoms with Crippen LogP contribution in [0.4, 0.5) is 0 Å². The zero-order valence-electron chi connectivity index (χ0n) is 11.1. The Morgan fingerprint density at radius 1 is 1.58 bits per heavy atom. The first-order chi connectivity index (χ1) is 9.00. The van der Waals surface area contributed by atoms with E-state index in [2.05, 4.69) is 10.3 Å². The van der Waals surface area contributed by atoms with E-state index < -0.39 is 6.10 Å². The molecular formula is C13H19ClN2O3. The minimum atomic E-state index is -0.619. The number of aromatic nitrogens is 1. The molecule has 1 unspecified atom stereocenters. The van der Waals surface area contributed by atoms with Crippen LogP contribution in [-0.2, 0) is 4.79 Å². The van der Waals surface area contributed by atoms with Gasteiger partial charge >= 0.3 is 0 Å². The van der Waals surface area contributed by atoms with Gasteiger partial charge in [0.2, 0.25) is 11.8 Å². The third-order valence-electron chi connectivity index (χ3n) is 2.55.